The summed E-state index contributed by atoms with van der Waals surface area (Å²) < 4.78 is 7.45. The Morgan fingerprint density at radius 2 is 2.12 bits per heavy atom. The summed E-state index contributed by atoms with van der Waals surface area (Å²) in [7, 11) is 1.71. The smallest absolute Gasteiger partial charge is 0.161 e. The highest BCUT2D eigenvalue weighted by Crippen LogP contribution is 2.31. The van der Waals surface area contributed by atoms with Crippen LogP contribution in [-0.4, -0.2) is 23.4 Å². The maximum Gasteiger partial charge on any atom is 0.161 e. The molecule has 0 spiro atoms. The number of aryl methyl sites for hydroxylation is 1. The van der Waals surface area contributed by atoms with Gasteiger partial charge in [-0.2, -0.15) is 5.10 Å². The second-order valence-electron chi connectivity index (χ2n) is 4.33. The molecule has 0 aliphatic heterocycles. The molecular weight excluding hydrogens is 214 g/mol. The zero-order chi connectivity index (χ0) is 12.8. The van der Waals surface area contributed by atoms with E-state index in [1.165, 1.54) is 5.69 Å². The summed E-state index contributed by atoms with van der Waals surface area (Å²) in [5.41, 5.74) is 1.17. The number of rotatable bonds is 7. The lowest BCUT2D eigenvalue weighted by Crippen LogP contribution is -2.29. The van der Waals surface area contributed by atoms with E-state index in [0.717, 1.165) is 25.3 Å². The van der Waals surface area contributed by atoms with Crippen LogP contribution in [0.1, 0.15) is 45.9 Å². The third-order valence-corrected chi connectivity index (χ3v) is 3.30. The third-order valence-electron chi connectivity index (χ3n) is 3.30. The first-order chi connectivity index (χ1) is 8.19. The van der Waals surface area contributed by atoms with Crippen LogP contribution in [-0.2, 0) is 6.54 Å². The zero-order valence-corrected chi connectivity index (χ0v) is 11.7. The average Bonchev–Trinajstić information content (AvgIpc) is 2.77. The lowest BCUT2D eigenvalue weighted by molar-refractivity contribution is 0.337. The maximum absolute atomic E-state index is 5.43. The summed E-state index contributed by atoms with van der Waals surface area (Å²) in [6.45, 7) is 10.5. The minimum absolute atomic E-state index is 0.308. The van der Waals surface area contributed by atoms with Crippen molar-refractivity contribution in [3.63, 3.8) is 0 Å². The van der Waals surface area contributed by atoms with Crippen molar-refractivity contribution in [1.82, 2.24) is 15.1 Å². The summed E-state index contributed by atoms with van der Waals surface area (Å²) in [6.07, 6.45) is 2.95. The average molecular weight is 239 g/mol. The molecule has 0 aliphatic rings. The van der Waals surface area contributed by atoms with Gasteiger partial charge in [-0.1, -0.05) is 27.2 Å². The van der Waals surface area contributed by atoms with Crippen molar-refractivity contribution < 1.29 is 4.74 Å². The molecule has 0 saturated carbocycles. The number of ether oxygens (including phenoxy) is 1. The van der Waals surface area contributed by atoms with E-state index in [9.17, 15) is 0 Å². The van der Waals surface area contributed by atoms with Gasteiger partial charge in [-0.25, -0.2) is 0 Å². The van der Waals surface area contributed by atoms with Gasteiger partial charge < -0.3 is 10.1 Å². The van der Waals surface area contributed by atoms with Crippen LogP contribution in [0, 0.1) is 5.92 Å². The first-order valence-corrected chi connectivity index (χ1v) is 6.52. The molecule has 0 aliphatic carbocycles. The van der Waals surface area contributed by atoms with E-state index < -0.39 is 0 Å². The maximum atomic E-state index is 5.43. The predicted molar refractivity (Wildman–Crippen MR) is 70.3 cm³/mol. The van der Waals surface area contributed by atoms with Crippen LogP contribution in [0.15, 0.2) is 6.20 Å². The van der Waals surface area contributed by atoms with E-state index in [-0.39, 0.29) is 0 Å². The SMILES string of the molecule is CCNC(c1c(OC)cnn1CC)C(C)CC. The quantitative estimate of drug-likeness (QED) is 0.795. The largest absolute Gasteiger partial charge is 0.493 e. The molecule has 4 heteroatoms. The lowest BCUT2D eigenvalue weighted by atomic mass is 9.95. The first kappa shape index (κ1) is 14.0. The molecule has 1 aromatic rings. The summed E-state index contributed by atoms with van der Waals surface area (Å²) in [6, 6.07) is 0.308. The molecule has 1 heterocycles. The van der Waals surface area contributed by atoms with Gasteiger partial charge in [-0.15, -0.1) is 0 Å². The number of methoxy groups -OCH3 is 1. The fourth-order valence-corrected chi connectivity index (χ4v) is 2.12. The summed E-state index contributed by atoms with van der Waals surface area (Å²) >= 11 is 0. The molecular formula is C13H25N3O. The lowest BCUT2D eigenvalue weighted by Gasteiger charge is -2.25. The van der Waals surface area contributed by atoms with Gasteiger partial charge >= 0.3 is 0 Å². The fraction of sp³-hybridized carbons (Fsp3) is 0.769. The van der Waals surface area contributed by atoms with Crippen molar-refractivity contribution >= 4 is 0 Å². The van der Waals surface area contributed by atoms with Gasteiger partial charge in [-0.3, -0.25) is 4.68 Å². The first-order valence-electron chi connectivity index (χ1n) is 6.52. The van der Waals surface area contributed by atoms with Crippen LogP contribution in [0.5, 0.6) is 5.75 Å². The van der Waals surface area contributed by atoms with Crippen molar-refractivity contribution in [2.75, 3.05) is 13.7 Å². The molecule has 2 atom stereocenters. The second kappa shape index (κ2) is 6.64. The fourth-order valence-electron chi connectivity index (χ4n) is 2.12. The number of nitrogens with zero attached hydrogens (tertiary/aromatic N) is 2. The van der Waals surface area contributed by atoms with Gasteiger partial charge in [-0.05, 0) is 19.4 Å². The molecule has 0 saturated heterocycles. The Kier molecular flexibility index (Phi) is 5.48. The Balaban J connectivity index is 3.10. The van der Waals surface area contributed by atoms with Crippen LogP contribution in [0.3, 0.4) is 0 Å². The molecule has 0 fully saturated rings. The van der Waals surface area contributed by atoms with Crippen LogP contribution >= 0.6 is 0 Å². The molecule has 1 rings (SSSR count). The monoisotopic (exact) mass is 239 g/mol. The third kappa shape index (κ3) is 3.00. The van der Waals surface area contributed by atoms with E-state index in [0.29, 0.717) is 12.0 Å². The van der Waals surface area contributed by atoms with E-state index in [4.69, 9.17) is 4.74 Å². The van der Waals surface area contributed by atoms with Gasteiger partial charge in [0.2, 0.25) is 0 Å². The van der Waals surface area contributed by atoms with E-state index in [1.807, 2.05) is 10.9 Å². The van der Waals surface area contributed by atoms with Crippen LogP contribution in [0.25, 0.3) is 0 Å². The highest BCUT2D eigenvalue weighted by Gasteiger charge is 2.24. The standard InChI is InChI=1S/C13H25N3O/c1-6-10(4)12(14-7-2)13-11(17-5)9-15-16(13)8-3/h9-10,12,14H,6-8H2,1-5H3. The van der Waals surface area contributed by atoms with Crippen molar-refractivity contribution in [1.29, 1.82) is 0 Å². The Morgan fingerprint density at radius 3 is 2.59 bits per heavy atom. The molecule has 0 radical (unpaired) electrons. The Bertz CT molecular complexity index is 314. The highest BCUT2D eigenvalue weighted by molar-refractivity contribution is 5.28. The number of nitrogens with one attached hydrogen (secondary N) is 1. The van der Waals surface area contributed by atoms with Crippen molar-refractivity contribution in [3.8, 4) is 5.75 Å². The molecule has 1 aromatic heterocycles. The minimum Gasteiger partial charge on any atom is -0.493 e. The molecule has 1 N–H and O–H groups in total. The van der Waals surface area contributed by atoms with Crippen LogP contribution < -0.4 is 10.1 Å². The second-order valence-corrected chi connectivity index (χ2v) is 4.33. The summed E-state index contributed by atoms with van der Waals surface area (Å²) in [5, 5.41) is 7.92. The molecule has 4 nitrogen and oxygen atoms in total. The summed E-state index contributed by atoms with van der Waals surface area (Å²) in [4.78, 5) is 0. The molecule has 0 amide bonds. The Labute approximate surface area is 104 Å². The zero-order valence-electron chi connectivity index (χ0n) is 11.7. The summed E-state index contributed by atoms with van der Waals surface area (Å²) in [5.74, 6) is 1.45. The van der Waals surface area contributed by atoms with Crippen molar-refractivity contribution in [2.24, 2.45) is 5.92 Å². The Morgan fingerprint density at radius 1 is 1.41 bits per heavy atom. The molecule has 0 bridgehead atoms. The topological polar surface area (TPSA) is 39.1 Å². The van der Waals surface area contributed by atoms with Crippen LogP contribution in [0.4, 0.5) is 0 Å². The number of aromatic nitrogens is 2. The normalized spacial score (nSPS) is 14.6. The number of hydrogen-bond donors (Lipinski definition) is 1. The highest BCUT2D eigenvalue weighted by atomic mass is 16.5. The minimum atomic E-state index is 0.308. The van der Waals surface area contributed by atoms with Crippen LogP contribution in [0.2, 0.25) is 0 Å². The van der Waals surface area contributed by atoms with Gasteiger partial charge in [0.15, 0.2) is 5.75 Å². The van der Waals surface area contributed by atoms with Crippen molar-refractivity contribution in [3.05, 3.63) is 11.9 Å². The van der Waals surface area contributed by atoms with Gasteiger partial charge in [0, 0.05) is 6.54 Å². The van der Waals surface area contributed by atoms with E-state index in [1.54, 1.807) is 7.11 Å². The molecule has 2 unspecified atom stereocenters. The van der Waals surface area contributed by atoms with Crippen molar-refractivity contribution in [2.45, 2.75) is 46.7 Å². The number of hydrogen-bond acceptors (Lipinski definition) is 3. The molecule has 17 heavy (non-hydrogen) atoms. The Hall–Kier alpha value is -1.03. The van der Waals surface area contributed by atoms with E-state index >= 15 is 0 Å². The predicted octanol–water partition coefficient (Wildman–Crippen LogP) is 2.61. The van der Waals surface area contributed by atoms with Gasteiger partial charge in [0.1, 0.15) is 0 Å². The van der Waals surface area contributed by atoms with E-state index in [2.05, 4.69) is 38.1 Å². The molecule has 0 aromatic carbocycles. The molecule has 98 valence electrons. The van der Waals surface area contributed by atoms with Gasteiger partial charge in [0.25, 0.3) is 0 Å². The van der Waals surface area contributed by atoms with Gasteiger partial charge in [0.05, 0.1) is 25.0 Å².